The Morgan fingerprint density at radius 3 is 1.75 bits per heavy atom. The van der Waals surface area contributed by atoms with Crippen molar-refractivity contribution in [2.75, 3.05) is 18.1 Å². The van der Waals surface area contributed by atoms with Crippen LogP contribution in [-0.4, -0.2) is 80.6 Å². The molecule has 44 heavy (non-hydrogen) atoms. The van der Waals surface area contributed by atoms with Crippen molar-refractivity contribution in [3.8, 4) is 11.4 Å². The quantitative estimate of drug-likeness (QED) is 0.189. The minimum Gasteiger partial charge on any atom is -1.00 e. The van der Waals surface area contributed by atoms with E-state index in [0.717, 1.165) is 22.9 Å². The van der Waals surface area contributed by atoms with Crippen LogP contribution in [0.5, 0.6) is 5.75 Å². The smallest absolute Gasteiger partial charge is 1.00 e. The molecule has 0 aliphatic heterocycles. The molecule has 20 heteroatoms. The molecule has 0 saturated carbocycles. The van der Waals surface area contributed by atoms with Gasteiger partial charge in [0.2, 0.25) is 10.0 Å². The second-order valence-corrected chi connectivity index (χ2v) is 10.4. The predicted octanol–water partition coefficient (Wildman–Crippen LogP) is -9.82. The molecule has 0 atom stereocenters. The molecule has 20 N–H and O–H groups in total. The Morgan fingerprint density at radius 1 is 0.841 bits per heavy atom. The van der Waals surface area contributed by atoms with Crippen LogP contribution in [0.3, 0.4) is 0 Å². The van der Waals surface area contributed by atoms with Crippen molar-refractivity contribution in [1.29, 1.82) is 0 Å². The summed E-state index contributed by atoms with van der Waals surface area (Å²) in [5.74, 6) is 0.676. The third-order valence-electron chi connectivity index (χ3n) is 4.89. The molecule has 0 aliphatic rings. The third-order valence-corrected chi connectivity index (χ3v) is 5.49. The summed E-state index contributed by atoms with van der Waals surface area (Å²) in [7, 11) is -1.75. The zero-order chi connectivity index (χ0) is 24.4. The zero-order valence-corrected chi connectivity index (χ0v) is 30.5. The van der Waals surface area contributed by atoms with Crippen LogP contribution in [0, 0.1) is 0 Å². The first-order valence-corrected chi connectivity index (χ1v) is 12.1. The van der Waals surface area contributed by atoms with E-state index in [1.165, 1.54) is 16.8 Å². The summed E-state index contributed by atoms with van der Waals surface area (Å²) in [5.41, 5.74) is 2.28. The van der Waals surface area contributed by atoms with E-state index in [-0.39, 0.29) is 117 Å². The molecular formula is C24H47N3Na2O14S. The number of hydrogen-bond acceptors (Lipinski definition) is 5. The van der Waals surface area contributed by atoms with Crippen LogP contribution in [0.2, 0.25) is 0 Å². The van der Waals surface area contributed by atoms with E-state index in [1.807, 2.05) is 45.1 Å². The van der Waals surface area contributed by atoms with E-state index in [0.29, 0.717) is 17.1 Å². The molecule has 3 aromatic rings. The molecule has 17 nitrogen and oxygen atoms in total. The molecule has 0 bridgehead atoms. The van der Waals surface area contributed by atoms with Gasteiger partial charge < -0.3 is 56.9 Å². The first kappa shape index (κ1) is 64.9. The van der Waals surface area contributed by atoms with Crippen molar-refractivity contribution in [1.82, 2.24) is 9.55 Å². The number of nitrogens with one attached hydrogen (secondary N) is 2. The van der Waals surface area contributed by atoms with Gasteiger partial charge in [-0.2, -0.15) is 0 Å². The minimum atomic E-state index is -3.34. The Bertz CT molecular complexity index is 1450. The maximum absolute atomic E-state index is 12.4. The van der Waals surface area contributed by atoms with Crippen LogP contribution >= 0.6 is 0 Å². The van der Waals surface area contributed by atoms with Gasteiger partial charge in [0.05, 0.1) is 19.1 Å². The minimum absolute atomic E-state index is 0. The van der Waals surface area contributed by atoms with Crippen LogP contribution < -0.4 is 79.8 Å². The number of aromatic amines is 1. The molecule has 250 valence electrons. The van der Waals surface area contributed by atoms with Gasteiger partial charge in [0.1, 0.15) is 5.75 Å². The van der Waals surface area contributed by atoms with Crippen molar-refractivity contribution in [2.45, 2.75) is 26.2 Å². The van der Waals surface area contributed by atoms with Gasteiger partial charge in [0.25, 0.3) is 5.56 Å². The van der Waals surface area contributed by atoms with E-state index < -0.39 is 21.3 Å². The summed E-state index contributed by atoms with van der Waals surface area (Å²) < 4.78 is 32.3. The van der Waals surface area contributed by atoms with Gasteiger partial charge in [-0.1, -0.05) is 45.1 Å². The maximum Gasteiger partial charge on any atom is 1.00 e. The number of nitrogens with zero attached hydrogens (tertiary/aromatic N) is 1. The van der Waals surface area contributed by atoms with Gasteiger partial charge in [-0.05, 0) is 35.2 Å². The van der Waals surface area contributed by atoms with E-state index in [1.54, 1.807) is 31.4 Å². The predicted molar refractivity (Wildman–Crippen MR) is 166 cm³/mol. The van der Waals surface area contributed by atoms with Crippen molar-refractivity contribution < 1.29 is 124 Å². The van der Waals surface area contributed by atoms with E-state index in [2.05, 4.69) is 9.71 Å². The SMILES string of the molecule is COc1c(/C=C/c2ccc(NS(C)(=O)=O)cc2)cc(-n2ccc(=O)[nH]c2=O)cc1C(C)(C)C.O.O.O.O.O.O.O.O.O.[H-].[H-].[Na+].[Na+]. The Labute approximate surface area is 301 Å². The summed E-state index contributed by atoms with van der Waals surface area (Å²) in [4.78, 5) is 26.2. The van der Waals surface area contributed by atoms with Crippen LogP contribution in [0.4, 0.5) is 5.69 Å². The molecule has 1 aromatic heterocycles. The first-order valence-electron chi connectivity index (χ1n) is 10.2. The average molecular weight is 680 g/mol. The number of ether oxygens (including phenoxy) is 1. The molecule has 0 unspecified atom stereocenters. The summed E-state index contributed by atoms with van der Waals surface area (Å²) in [6.45, 7) is 6.14. The second kappa shape index (κ2) is 26.3. The Morgan fingerprint density at radius 2 is 1.34 bits per heavy atom. The molecule has 0 fully saturated rings. The molecule has 2 aromatic carbocycles. The van der Waals surface area contributed by atoms with Crippen molar-refractivity contribution >= 4 is 27.9 Å². The standard InChI is InChI=1S/C24H27N3O5S.2Na.9H2O.2H/c1-24(2,3)20-15-19(27-13-12-21(28)25-23(27)29)14-17(22(20)32-4)9-6-16-7-10-18(11-8-16)26-33(5,30)31;;;;;;;;;;;;;/h6-15,26H,1-5H3,(H,25,28,29);;;9*1H2;;/q;2*+1;;;;;;;;;;2*-1/b9-6+;;;;;;;;;;;;;. The normalized spacial score (nSPS) is 9.11. The topological polar surface area (TPSA) is 394 Å². The largest absolute Gasteiger partial charge is 1.00 e. The fourth-order valence-electron chi connectivity index (χ4n) is 3.37. The van der Waals surface area contributed by atoms with Crippen LogP contribution in [-0.2, 0) is 15.4 Å². The molecule has 0 radical (unpaired) electrons. The number of sulfonamides is 1. The van der Waals surface area contributed by atoms with Gasteiger partial charge in [0, 0.05) is 29.1 Å². The molecule has 0 amide bonds. The van der Waals surface area contributed by atoms with Gasteiger partial charge in [-0.25, -0.2) is 13.2 Å². The fraction of sp³-hybridized carbons (Fsp3) is 0.250. The Kier molecular flexibility index (Phi) is 38.8. The van der Waals surface area contributed by atoms with Crippen LogP contribution in [0.15, 0.2) is 58.3 Å². The Balaban J connectivity index is -0.000000105. The van der Waals surface area contributed by atoms with Crippen LogP contribution in [0.1, 0.15) is 40.3 Å². The molecule has 0 saturated heterocycles. The van der Waals surface area contributed by atoms with E-state index in [9.17, 15) is 18.0 Å². The van der Waals surface area contributed by atoms with Crippen molar-refractivity contribution in [3.05, 3.63) is 86.2 Å². The van der Waals surface area contributed by atoms with Crippen LogP contribution in [0.25, 0.3) is 17.8 Å². The molecule has 0 aliphatic carbocycles. The summed E-state index contributed by atoms with van der Waals surface area (Å²) in [6.07, 6.45) is 6.28. The number of methoxy groups -OCH3 is 1. The van der Waals surface area contributed by atoms with Gasteiger partial charge in [0.15, 0.2) is 0 Å². The van der Waals surface area contributed by atoms with E-state index >= 15 is 0 Å². The number of anilines is 1. The summed E-state index contributed by atoms with van der Waals surface area (Å²) in [6, 6.07) is 11.9. The zero-order valence-electron chi connectivity index (χ0n) is 27.7. The van der Waals surface area contributed by atoms with Gasteiger partial charge >= 0.3 is 64.8 Å². The number of aromatic nitrogens is 2. The van der Waals surface area contributed by atoms with Crippen molar-refractivity contribution in [2.24, 2.45) is 0 Å². The third kappa shape index (κ3) is 17.5. The number of benzene rings is 2. The van der Waals surface area contributed by atoms with E-state index in [4.69, 9.17) is 4.74 Å². The van der Waals surface area contributed by atoms with Gasteiger partial charge in [-0.15, -0.1) is 0 Å². The monoisotopic (exact) mass is 679 g/mol. The maximum atomic E-state index is 12.4. The van der Waals surface area contributed by atoms with Crippen molar-refractivity contribution in [3.63, 3.8) is 0 Å². The van der Waals surface area contributed by atoms with Gasteiger partial charge in [-0.3, -0.25) is 19.1 Å². The fourth-order valence-corrected chi connectivity index (χ4v) is 3.93. The molecule has 3 rings (SSSR count). The molecule has 1 heterocycles. The molecule has 0 spiro atoms. The number of rotatable bonds is 6. The second-order valence-electron chi connectivity index (χ2n) is 8.68. The number of hydrogen-bond donors (Lipinski definition) is 2. The summed E-state index contributed by atoms with van der Waals surface area (Å²) >= 11 is 0. The summed E-state index contributed by atoms with van der Waals surface area (Å²) in [5, 5.41) is 0. The average Bonchev–Trinajstić information content (AvgIpc) is 2.71. The Hall–Kier alpha value is -1.95. The number of H-pyrrole nitrogens is 1. The first-order chi connectivity index (χ1) is 15.4. The molecular weight excluding hydrogens is 632 g/mol.